The lowest BCUT2D eigenvalue weighted by atomic mass is 9.98. The Balaban J connectivity index is 2.25. The molecule has 0 aromatic carbocycles. The Morgan fingerprint density at radius 3 is 2.61 bits per heavy atom. The van der Waals surface area contributed by atoms with Crippen LogP contribution < -0.4 is 11.1 Å². The van der Waals surface area contributed by atoms with Gasteiger partial charge in [0.15, 0.2) is 0 Å². The standard InChI is InChI=1S/C13H27N3O2/c1-10-5-4-6-11(2)16(10)8-7-15-13(17)12(14)9-18-3/h10-12H,4-9,14H2,1-3H3,(H,15,17). The summed E-state index contributed by atoms with van der Waals surface area (Å²) in [5, 5.41) is 2.87. The summed E-state index contributed by atoms with van der Waals surface area (Å²) in [5.41, 5.74) is 5.65. The molecule has 106 valence electrons. The van der Waals surface area contributed by atoms with Gasteiger partial charge in [-0.3, -0.25) is 9.69 Å². The summed E-state index contributed by atoms with van der Waals surface area (Å²) < 4.78 is 4.86. The van der Waals surface area contributed by atoms with E-state index < -0.39 is 6.04 Å². The van der Waals surface area contributed by atoms with Crippen LogP contribution in [-0.4, -0.2) is 55.7 Å². The van der Waals surface area contributed by atoms with Crippen molar-refractivity contribution in [2.75, 3.05) is 26.8 Å². The quantitative estimate of drug-likeness (QED) is 0.720. The van der Waals surface area contributed by atoms with Crippen molar-refractivity contribution >= 4 is 5.91 Å². The van der Waals surface area contributed by atoms with Crippen LogP contribution in [0, 0.1) is 0 Å². The van der Waals surface area contributed by atoms with Gasteiger partial charge < -0.3 is 15.8 Å². The highest BCUT2D eigenvalue weighted by Crippen LogP contribution is 2.21. The molecule has 1 amide bonds. The van der Waals surface area contributed by atoms with E-state index in [4.69, 9.17) is 10.5 Å². The number of likely N-dealkylation sites (tertiary alicyclic amines) is 1. The van der Waals surface area contributed by atoms with Gasteiger partial charge in [-0.05, 0) is 26.7 Å². The average Bonchev–Trinajstić information content (AvgIpc) is 2.33. The number of carbonyl (C=O) groups excluding carboxylic acids is 1. The van der Waals surface area contributed by atoms with Gasteiger partial charge in [0, 0.05) is 32.3 Å². The van der Waals surface area contributed by atoms with Crippen LogP contribution in [0.5, 0.6) is 0 Å². The van der Waals surface area contributed by atoms with Crippen molar-refractivity contribution in [1.82, 2.24) is 10.2 Å². The molecule has 0 spiro atoms. The number of hydrogen-bond acceptors (Lipinski definition) is 4. The topological polar surface area (TPSA) is 67.6 Å². The zero-order valence-electron chi connectivity index (χ0n) is 11.8. The highest BCUT2D eigenvalue weighted by Gasteiger charge is 2.24. The van der Waals surface area contributed by atoms with Crippen LogP contribution >= 0.6 is 0 Å². The maximum Gasteiger partial charge on any atom is 0.239 e. The van der Waals surface area contributed by atoms with Gasteiger partial charge in [-0.15, -0.1) is 0 Å². The molecule has 5 heteroatoms. The molecule has 1 rings (SSSR count). The molecular weight excluding hydrogens is 230 g/mol. The Bertz CT molecular complexity index is 251. The van der Waals surface area contributed by atoms with Crippen molar-refractivity contribution < 1.29 is 9.53 Å². The number of piperidine rings is 1. The fourth-order valence-electron chi connectivity index (χ4n) is 2.61. The minimum absolute atomic E-state index is 0.130. The van der Waals surface area contributed by atoms with Crippen LogP contribution in [0.4, 0.5) is 0 Å². The molecule has 0 aromatic heterocycles. The molecule has 5 nitrogen and oxygen atoms in total. The minimum Gasteiger partial charge on any atom is -0.383 e. The van der Waals surface area contributed by atoms with Crippen LogP contribution in [-0.2, 0) is 9.53 Å². The molecule has 18 heavy (non-hydrogen) atoms. The molecule has 1 aliphatic heterocycles. The fourth-order valence-corrected chi connectivity index (χ4v) is 2.61. The fraction of sp³-hybridized carbons (Fsp3) is 0.923. The van der Waals surface area contributed by atoms with Crippen molar-refractivity contribution in [3.8, 4) is 0 Å². The number of ether oxygens (including phenoxy) is 1. The van der Waals surface area contributed by atoms with Crippen LogP contribution in [0.25, 0.3) is 0 Å². The third-order valence-electron chi connectivity index (χ3n) is 3.73. The zero-order valence-corrected chi connectivity index (χ0v) is 11.8. The molecule has 3 N–H and O–H groups in total. The number of rotatable bonds is 6. The second-order valence-electron chi connectivity index (χ2n) is 5.22. The molecule has 0 saturated carbocycles. The predicted octanol–water partition coefficient (Wildman–Crippen LogP) is 0.339. The molecule has 1 heterocycles. The smallest absolute Gasteiger partial charge is 0.239 e. The first kappa shape index (κ1) is 15.4. The van der Waals surface area contributed by atoms with E-state index in [2.05, 4.69) is 24.1 Å². The molecule has 1 saturated heterocycles. The molecular formula is C13H27N3O2. The van der Waals surface area contributed by atoms with Crippen molar-refractivity contribution in [2.24, 2.45) is 5.73 Å². The minimum atomic E-state index is -0.564. The number of amides is 1. The maximum absolute atomic E-state index is 11.6. The van der Waals surface area contributed by atoms with Crippen molar-refractivity contribution in [3.05, 3.63) is 0 Å². The van der Waals surface area contributed by atoms with Crippen molar-refractivity contribution in [2.45, 2.75) is 51.2 Å². The summed E-state index contributed by atoms with van der Waals surface area (Å²) >= 11 is 0. The highest BCUT2D eigenvalue weighted by atomic mass is 16.5. The predicted molar refractivity (Wildman–Crippen MR) is 72.3 cm³/mol. The van der Waals surface area contributed by atoms with Gasteiger partial charge in [0.25, 0.3) is 0 Å². The molecule has 0 aromatic rings. The van der Waals surface area contributed by atoms with Crippen molar-refractivity contribution in [1.29, 1.82) is 0 Å². The first-order chi connectivity index (χ1) is 8.56. The van der Waals surface area contributed by atoms with E-state index in [9.17, 15) is 4.79 Å². The highest BCUT2D eigenvalue weighted by molar-refractivity contribution is 5.81. The molecule has 3 unspecified atom stereocenters. The maximum atomic E-state index is 11.6. The molecule has 0 radical (unpaired) electrons. The zero-order chi connectivity index (χ0) is 13.5. The summed E-state index contributed by atoms with van der Waals surface area (Å²) in [7, 11) is 1.55. The number of nitrogens with zero attached hydrogens (tertiary/aromatic N) is 1. The second kappa shape index (κ2) is 7.71. The van der Waals surface area contributed by atoms with Gasteiger partial charge in [-0.1, -0.05) is 6.42 Å². The Morgan fingerprint density at radius 2 is 2.06 bits per heavy atom. The van der Waals surface area contributed by atoms with Gasteiger partial charge >= 0.3 is 0 Å². The second-order valence-corrected chi connectivity index (χ2v) is 5.22. The monoisotopic (exact) mass is 257 g/mol. The van der Waals surface area contributed by atoms with Crippen molar-refractivity contribution in [3.63, 3.8) is 0 Å². The number of methoxy groups -OCH3 is 1. The third-order valence-corrected chi connectivity index (χ3v) is 3.73. The molecule has 0 bridgehead atoms. The van der Waals surface area contributed by atoms with E-state index in [-0.39, 0.29) is 12.5 Å². The summed E-state index contributed by atoms with van der Waals surface area (Å²) in [6, 6.07) is 0.655. The normalized spacial score (nSPS) is 26.9. The first-order valence-electron chi connectivity index (χ1n) is 6.84. The van der Waals surface area contributed by atoms with Crippen LogP contribution in [0.1, 0.15) is 33.1 Å². The van der Waals surface area contributed by atoms with E-state index in [0.29, 0.717) is 18.6 Å². The largest absolute Gasteiger partial charge is 0.383 e. The summed E-state index contributed by atoms with van der Waals surface area (Å²) in [6.45, 7) is 6.34. The van der Waals surface area contributed by atoms with Crippen LogP contribution in [0.2, 0.25) is 0 Å². The van der Waals surface area contributed by atoms with Gasteiger partial charge in [0.1, 0.15) is 6.04 Å². The van der Waals surface area contributed by atoms with E-state index >= 15 is 0 Å². The lowest BCUT2D eigenvalue weighted by Gasteiger charge is -2.39. The Kier molecular flexibility index (Phi) is 6.60. The van der Waals surface area contributed by atoms with E-state index in [0.717, 1.165) is 6.54 Å². The van der Waals surface area contributed by atoms with Crippen LogP contribution in [0.15, 0.2) is 0 Å². The third kappa shape index (κ3) is 4.55. The molecule has 1 fully saturated rings. The number of nitrogens with one attached hydrogen (secondary N) is 1. The SMILES string of the molecule is COCC(N)C(=O)NCCN1C(C)CCCC1C. The number of carbonyl (C=O) groups is 1. The summed E-state index contributed by atoms with van der Waals surface area (Å²) in [6.07, 6.45) is 3.81. The average molecular weight is 257 g/mol. The molecule has 3 atom stereocenters. The van der Waals surface area contributed by atoms with Gasteiger partial charge in [0.2, 0.25) is 5.91 Å². The van der Waals surface area contributed by atoms with E-state index in [1.807, 2.05) is 0 Å². The summed E-state index contributed by atoms with van der Waals surface area (Å²) in [4.78, 5) is 14.1. The van der Waals surface area contributed by atoms with Gasteiger partial charge in [-0.25, -0.2) is 0 Å². The van der Waals surface area contributed by atoms with Gasteiger partial charge in [-0.2, -0.15) is 0 Å². The number of nitrogens with two attached hydrogens (primary N) is 1. The lowest BCUT2D eigenvalue weighted by Crippen LogP contribution is -2.49. The van der Waals surface area contributed by atoms with E-state index in [1.54, 1.807) is 7.11 Å². The number of hydrogen-bond donors (Lipinski definition) is 2. The van der Waals surface area contributed by atoms with Gasteiger partial charge in [0.05, 0.1) is 6.61 Å². The lowest BCUT2D eigenvalue weighted by molar-refractivity contribution is -0.123. The Morgan fingerprint density at radius 1 is 1.44 bits per heavy atom. The summed E-state index contributed by atoms with van der Waals surface area (Å²) in [5.74, 6) is -0.130. The first-order valence-corrected chi connectivity index (χ1v) is 6.84. The molecule has 0 aliphatic carbocycles. The van der Waals surface area contributed by atoms with Crippen LogP contribution in [0.3, 0.4) is 0 Å². The Labute approximate surface area is 110 Å². The van der Waals surface area contributed by atoms with E-state index in [1.165, 1.54) is 19.3 Å². The Hall–Kier alpha value is -0.650. The molecule has 1 aliphatic rings.